The number of hydrogen-bond donors (Lipinski definition) is 2. The van der Waals surface area contributed by atoms with Gasteiger partial charge in [0.05, 0.1) is 12.5 Å². The maximum atomic E-state index is 12.2. The van der Waals surface area contributed by atoms with E-state index in [1.165, 1.54) is 0 Å². The van der Waals surface area contributed by atoms with Crippen molar-refractivity contribution in [3.8, 4) is 0 Å². The Bertz CT molecular complexity index is 454. The van der Waals surface area contributed by atoms with Crippen molar-refractivity contribution in [2.24, 2.45) is 0 Å². The molecule has 1 aliphatic carbocycles. The van der Waals surface area contributed by atoms with Crippen molar-refractivity contribution >= 4 is 23.4 Å². The number of hydrogen-bond acceptors (Lipinski definition) is 3. The van der Waals surface area contributed by atoms with Gasteiger partial charge in [0, 0.05) is 16.6 Å². The third-order valence-corrected chi connectivity index (χ3v) is 3.09. The van der Waals surface area contributed by atoms with Gasteiger partial charge in [-0.3, -0.25) is 9.59 Å². The van der Waals surface area contributed by atoms with Crippen LogP contribution in [0.1, 0.15) is 29.6 Å². The van der Waals surface area contributed by atoms with Gasteiger partial charge in [-0.05, 0) is 37.1 Å². The molecule has 4 nitrogen and oxygen atoms in total. The van der Waals surface area contributed by atoms with E-state index in [1.54, 1.807) is 24.3 Å². The van der Waals surface area contributed by atoms with E-state index in [0.29, 0.717) is 10.6 Å². The molecule has 1 fully saturated rings. The molecule has 1 atom stereocenters. The quantitative estimate of drug-likeness (QED) is 0.775. The van der Waals surface area contributed by atoms with Gasteiger partial charge in [0.15, 0.2) is 5.78 Å². The summed E-state index contributed by atoms with van der Waals surface area (Å²) in [7, 11) is 0. The Morgan fingerprint density at radius 3 is 2.44 bits per heavy atom. The van der Waals surface area contributed by atoms with Crippen LogP contribution >= 0.6 is 11.6 Å². The van der Waals surface area contributed by atoms with Crippen LogP contribution in [0.2, 0.25) is 5.02 Å². The van der Waals surface area contributed by atoms with E-state index in [9.17, 15) is 9.59 Å². The van der Waals surface area contributed by atoms with E-state index < -0.39 is 12.0 Å². The number of halogens is 1. The largest absolute Gasteiger partial charge is 0.481 e. The zero-order valence-corrected chi connectivity index (χ0v) is 10.5. The lowest BCUT2D eigenvalue weighted by Gasteiger charge is -2.15. The van der Waals surface area contributed by atoms with Crippen LogP contribution in [-0.2, 0) is 4.79 Å². The molecule has 2 N–H and O–H groups in total. The summed E-state index contributed by atoms with van der Waals surface area (Å²) in [6, 6.07) is 6.12. The number of carbonyl (C=O) groups excluding carboxylic acids is 1. The molecule has 5 heteroatoms. The third-order valence-electron chi connectivity index (χ3n) is 2.84. The van der Waals surface area contributed by atoms with E-state index >= 15 is 0 Å². The van der Waals surface area contributed by atoms with Crippen LogP contribution in [0.25, 0.3) is 0 Å². The normalized spacial score (nSPS) is 16.3. The average Bonchev–Trinajstić information content (AvgIpc) is 3.12. The van der Waals surface area contributed by atoms with Crippen molar-refractivity contribution in [2.45, 2.75) is 31.3 Å². The van der Waals surface area contributed by atoms with Crippen molar-refractivity contribution < 1.29 is 14.7 Å². The highest BCUT2D eigenvalue weighted by molar-refractivity contribution is 6.30. The van der Waals surface area contributed by atoms with Gasteiger partial charge in [-0.2, -0.15) is 0 Å². The highest BCUT2D eigenvalue weighted by Gasteiger charge is 2.30. The Labute approximate surface area is 110 Å². The molecule has 96 valence electrons. The first-order valence-corrected chi connectivity index (χ1v) is 6.21. The first kappa shape index (κ1) is 13.1. The molecule has 0 spiro atoms. The molecule has 1 saturated carbocycles. The number of carbonyl (C=O) groups is 2. The van der Waals surface area contributed by atoms with Gasteiger partial charge in [0.25, 0.3) is 0 Å². The SMILES string of the molecule is O=C(O)CC(NC1CC1)C(=O)c1ccc(Cl)cc1. The standard InChI is InChI=1S/C13H14ClNO3/c14-9-3-1-8(2-4-9)13(18)11(7-12(16)17)15-10-5-6-10/h1-4,10-11,15H,5-7H2,(H,16,17). The smallest absolute Gasteiger partial charge is 0.305 e. The Kier molecular flexibility index (Phi) is 3.99. The number of rotatable bonds is 6. The number of Topliss-reactive ketones (excluding diaryl/α,β-unsaturated/α-hetero) is 1. The van der Waals surface area contributed by atoms with Crippen LogP contribution in [-0.4, -0.2) is 28.9 Å². The lowest BCUT2D eigenvalue weighted by molar-refractivity contribution is -0.137. The Morgan fingerprint density at radius 2 is 1.94 bits per heavy atom. The summed E-state index contributed by atoms with van der Waals surface area (Å²) in [4.78, 5) is 23.0. The molecular formula is C13H14ClNO3. The molecule has 18 heavy (non-hydrogen) atoms. The fourth-order valence-corrected chi connectivity index (χ4v) is 1.88. The minimum atomic E-state index is -0.976. The summed E-state index contributed by atoms with van der Waals surface area (Å²) in [5.74, 6) is -1.17. The Morgan fingerprint density at radius 1 is 1.33 bits per heavy atom. The third kappa shape index (κ3) is 3.55. The van der Waals surface area contributed by atoms with Crippen LogP contribution in [0.15, 0.2) is 24.3 Å². The first-order chi connectivity index (χ1) is 8.56. The van der Waals surface area contributed by atoms with Crippen molar-refractivity contribution in [1.82, 2.24) is 5.32 Å². The van der Waals surface area contributed by atoms with Crippen LogP contribution in [0.3, 0.4) is 0 Å². The minimum Gasteiger partial charge on any atom is -0.481 e. The highest BCUT2D eigenvalue weighted by atomic mass is 35.5. The zero-order valence-electron chi connectivity index (χ0n) is 9.73. The molecule has 1 unspecified atom stereocenters. The van der Waals surface area contributed by atoms with Gasteiger partial charge in [-0.25, -0.2) is 0 Å². The van der Waals surface area contributed by atoms with E-state index in [-0.39, 0.29) is 18.2 Å². The molecule has 1 aromatic carbocycles. The predicted molar refractivity (Wildman–Crippen MR) is 68.0 cm³/mol. The molecule has 0 heterocycles. The number of nitrogens with one attached hydrogen (secondary N) is 1. The second-order valence-electron chi connectivity index (χ2n) is 4.46. The van der Waals surface area contributed by atoms with Gasteiger partial charge < -0.3 is 10.4 Å². The highest BCUT2D eigenvalue weighted by Crippen LogP contribution is 2.21. The van der Waals surface area contributed by atoms with Crippen molar-refractivity contribution in [1.29, 1.82) is 0 Å². The van der Waals surface area contributed by atoms with Crippen LogP contribution in [0.4, 0.5) is 0 Å². The first-order valence-electron chi connectivity index (χ1n) is 5.84. The summed E-state index contributed by atoms with van der Waals surface area (Å²) in [6.45, 7) is 0. The summed E-state index contributed by atoms with van der Waals surface area (Å²) in [5, 5.41) is 12.5. The summed E-state index contributed by atoms with van der Waals surface area (Å²) >= 11 is 5.75. The molecule has 0 aliphatic heterocycles. The molecular weight excluding hydrogens is 254 g/mol. The summed E-state index contributed by atoms with van der Waals surface area (Å²) < 4.78 is 0. The molecule has 1 aliphatic rings. The van der Waals surface area contributed by atoms with Gasteiger partial charge in [-0.15, -0.1) is 0 Å². The summed E-state index contributed by atoms with van der Waals surface area (Å²) in [6.07, 6.45) is 1.81. The lowest BCUT2D eigenvalue weighted by atomic mass is 10.0. The second kappa shape index (κ2) is 5.50. The fourth-order valence-electron chi connectivity index (χ4n) is 1.75. The maximum absolute atomic E-state index is 12.2. The number of benzene rings is 1. The van der Waals surface area contributed by atoms with E-state index in [4.69, 9.17) is 16.7 Å². The van der Waals surface area contributed by atoms with E-state index in [1.807, 2.05) is 0 Å². The summed E-state index contributed by atoms with van der Waals surface area (Å²) in [5.41, 5.74) is 0.485. The van der Waals surface area contributed by atoms with Crippen LogP contribution < -0.4 is 5.32 Å². The van der Waals surface area contributed by atoms with Crippen molar-refractivity contribution in [3.05, 3.63) is 34.9 Å². The molecule has 0 bridgehead atoms. The molecule has 1 aromatic rings. The number of carboxylic acids is 1. The predicted octanol–water partition coefficient (Wildman–Crippen LogP) is 2.12. The number of carboxylic acid groups (broad SMARTS) is 1. The van der Waals surface area contributed by atoms with Crippen molar-refractivity contribution in [2.75, 3.05) is 0 Å². The van der Waals surface area contributed by atoms with Gasteiger partial charge >= 0.3 is 5.97 Å². The Hall–Kier alpha value is -1.39. The van der Waals surface area contributed by atoms with Crippen LogP contribution in [0, 0.1) is 0 Å². The Balaban J connectivity index is 2.10. The average molecular weight is 268 g/mol. The minimum absolute atomic E-state index is 0.194. The molecule has 0 saturated heterocycles. The molecule has 0 aromatic heterocycles. The maximum Gasteiger partial charge on any atom is 0.305 e. The molecule has 2 rings (SSSR count). The van der Waals surface area contributed by atoms with Gasteiger partial charge in [0.1, 0.15) is 0 Å². The zero-order chi connectivity index (χ0) is 13.1. The van der Waals surface area contributed by atoms with Gasteiger partial charge in [0.2, 0.25) is 0 Å². The van der Waals surface area contributed by atoms with E-state index in [0.717, 1.165) is 12.8 Å². The number of ketones is 1. The lowest BCUT2D eigenvalue weighted by Crippen LogP contribution is -2.40. The molecule has 0 radical (unpaired) electrons. The van der Waals surface area contributed by atoms with E-state index in [2.05, 4.69) is 5.32 Å². The van der Waals surface area contributed by atoms with Gasteiger partial charge in [-0.1, -0.05) is 11.6 Å². The number of aliphatic carboxylic acids is 1. The molecule has 0 amide bonds. The van der Waals surface area contributed by atoms with Crippen molar-refractivity contribution in [3.63, 3.8) is 0 Å². The fraction of sp³-hybridized carbons (Fsp3) is 0.385. The monoisotopic (exact) mass is 267 g/mol. The topological polar surface area (TPSA) is 66.4 Å². The van der Waals surface area contributed by atoms with Crippen LogP contribution in [0.5, 0.6) is 0 Å². The second-order valence-corrected chi connectivity index (χ2v) is 4.90.